The van der Waals surface area contributed by atoms with Gasteiger partial charge < -0.3 is 14.8 Å². The lowest BCUT2D eigenvalue weighted by Crippen LogP contribution is -2.33. The Morgan fingerprint density at radius 1 is 0.854 bits per heavy atom. The van der Waals surface area contributed by atoms with Crippen LogP contribution < -0.4 is 0 Å². The van der Waals surface area contributed by atoms with Crippen LogP contribution in [0.25, 0.3) is 44.4 Å². The van der Waals surface area contributed by atoms with Crippen LogP contribution in [0.2, 0.25) is 0 Å². The predicted molar refractivity (Wildman–Crippen MR) is 145 cm³/mol. The molecule has 4 aromatic carbocycles. The quantitative estimate of drug-likeness (QED) is 0.236. The van der Waals surface area contributed by atoms with Crippen molar-refractivity contribution in [3.8, 4) is 45.6 Å². The van der Waals surface area contributed by atoms with Crippen LogP contribution in [0.15, 0.2) is 72.8 Å². The highest BCUT2D eigenvalue weighted by molar-refractivity contribution is 6.06. The summed E-state index contributed by atoms with van der Waals surface area (Å²) in [6.45, 7) is 1.07. The minimum atomic E-state index is -2.28. The molecule has 1 unspecified atom stereocenters. The Morgan fingerprint density at radius 2 is 1.46 bits per heavy atom. The second-order valence-corrected chi connectivity index (χ2v) is 9.48. The van der Waals surface area contributed by atoms with Gasteiger partial charge in [-0.2, -0.15) is 10.5 Å². The van der Waals surface area contributed by atoms with E-state index in [4.69, 9.17) is 0 Å². The highest BCUT2D eigenvalue weighted by Gasteiger charge is 2.35. The van der Waals surface area contributed by atoms with E-state index in [0.717, 1.165) is 26.2 Å². The first-order chi connectivity index (χ1) is 19.6. The Balaban J connectivity index is 1.74. The summed E-state index contributed by atoms with van der Waals surface area (Å²) in [6, 6.07) is 20.9. The molecule has 0 aliphatic rings. The average Bonchev–Trinajstić information content (AvgIpc) is 3.34. The Morgan fingerprint density at radius 3 is 2.07 bits per heavy atom. The van der Waals surface area contributed by atoms with Crippen molar-refractivity contribution in [3.05, 3.63) is 107 Å². The highest BCUT2D eigenvalue weighted by atomic mass is 19.1. The Bertz CT molecular complexity index is 1890. The normalized spacial score (nSPS) is 12.4. The van der Waals surface area contributed by atoms with E-state index in [9.17, 15) is 24.8 Å². The van der Waals surface area contributed by atoms with E-state index in [0.29, 0.717) is 33.3 Å². The molecule has 1 atom stereocenters. The maximum atomic E-state index is 15.4. The Labute approximate surface area is 232 Å². The fourth-order valence-electron chi connectivity index (χ4n) is 4.93. The van der Waals surface area contributed by atoms with Gasteiger partial charge in [0.2, 0.25) is 0 Å². The van der Waals surface area contributed by atoms with Gasteiger partial charge in [0.25, 0.3) is 0 Å². The second-order valence-electron chi connectivity index (χ2n) is 9.48. The molecule has 0 aliphatic heterocycles. The summed E-state index contributed by atoms with van der Waals surface area (Å²) in [4.78, 5) is 15.2. The third-order valence-corrected chi connectivity index (χ3v) is 6.94. The standard InChI is InChI=1S/C32H20F3N3O3/c1-32(40,31(39)41-2)21-12-24(34)28(25(35)13-21)17-5-3-6-18(11-17)30-29(23-14-22(33)9-10-26(23)38-30)27-19(15-36)7-4-8-20(27)16-37/h3-14,38,40H,1-2H3. The van der Waals surface area contributed by atoms with Crippen LogP contribution >= 0.6 is 0 Å². The Hall–Kier alpha value is -5.38. The van der Waals surface area contributed by atoms with Crippen LogP contribution in [0.4, 0.5) is 13.2 Å². The van der Waals surface area contributed by atoms with Crippen molar-refractivity contribution in [3.63, 3.8) is 0 Å². The SMILES string of the molecule is COC(=O)C(C)(O)c1cc(F)c(-c2cccc(-c3[nH]c4ccc(F)cc4c3-c3c(C#N)cccc3C#N)c2)c(F)c1. The van der Waals surface area contributed by atoms with Crippen LogP contribution in [0.1, 0.15) is 23.6 Å². The number of carbonyl (C=O) groups excluding carboxylic acids is 1. The van der Waals surface area contributed by atoms with Crippen molar-refractivity contribution in [1.82, 2.24) is 4.98 Å². The molecular formula is C32H20F3N3O3. The van der Waals surface area contributed by atoms with Crippen LogP contribution in [0.3, 0.4) is 0 Å². The zero-order chi connectivity index (χ0) is 29.5. The van der Waals surface area contributed by atoms with Crippen molar-refractivity contribution in [2.75, 3.05) is 7.11 Å². The number of nitrogens with zero attached hydrogens (tertiary/aromatic N) is 2. The number of hydrogen-bond acceptors (Lipinski definition) is 5. The number of methoxy groups -OCH3 is 1. The number of benzene rings is 4. The minimum Gasteiger partial charge on any atom is -0.467 e. The van der Waals surface area contributed by atoms with E-state index >= 15 is 8.78 Å². The van der Waals surface area contributed by atoms with Gasteiger partial charge in [0.05, 0.1) is 41.6 Å². The van der Waals surface area contributed by atoms with Gasteiger partial charge >= 0.3 is 5.97 Å². The summed E-state index contributed by atoms with van der Waals surface area (Å²) in [6.07, 6.45) is 0. The number of aliphatic hydroxyl groups is 1. The van der Waals surface area contributed by atoms with Crippen LogP contribution in [0, 0.1) is 40.1 Å². The first-order valence-electron chi connectivity index (χ1n) is 12.3. The molecule has 202 valence electrons. The molecule has 41 heavy (non-hydrogen) atoms. The number of ether oxygens (including phenoxy) is 1. The monoisotopic (exact) mass is 551 g/mol. The van der Waals surface area contributed by atoms with Crippen LogP contribution in [-0.4, -0.2) is 23.2 Å². The van der Waals surface area contributed by atoms with E-state index in [-0.39, 0.29) is 22.3 Å². The maximum Gasteiger partial charge on any atom is 0.342 e. The zero-order valence-electron chi connectivity index (χ0n) is 21.7. The number of hydrogen-bond donors (Lipinski definition) is 2. The summed E-state index contributed by atoms with van der Waals surface area (Å²) in [7, 11) is 1.05. The van der Waals surface area contributed by atoms with Gasteiger partial charge in [-0.1, -0.05) is 24.3 Å². The number of aromatic nitrogens is 1. The molecule has 2 N–H and O–H groups in total. The number of nitrogens with one attached hydrogen (secondary N) is 1. The predicted octanol–water partition coefficient (Wildman–Crippen LogP) is 6.71. The number of H-pyrrole nitrogens is 1. The largest absolute Gasteiger partial charge is 0.467 e. The molecule has 5 rings (SSSR count). The van der Waals surface area contributed by atoms with Gasteiger partial charge in [-0.25, -0.2) is 18.0 Å². The summed E-state index contributed by atoms with van der Waals surface area (Å²) in [5.41, 5.74) is -0.458. The van der Waals surface area contributed by atoms with Crippen molar-refractivity contribution in [2.45, 2.75) is 12.5 Å². The van der Waals surface area contributed by atoms with E-state index in [1.807, 2.05) is 0 Å². The van der Waals surface area contributed by atoms with Gasteiger partial charge in [-0.3, -0.25) is 0 Å². The minimum absolute atomic E-state index is 0.131. The molecule has 5 aromatic rings. The number of halogens is 3. The van der Waals surface area contributed by atoms with E-state index < -0.39 is 34.6 Å². The molecule has 0 amide bonds. The third kappa shape index (κ3) is 4.59. The molecular weight excluding hydrogens is 531 g/mol. The first-order valence-corrected chi connectivity index (χ1v) is 12.3. The summed E-state index contributed by atoms with van der Waals surface area (Å²) < 4.78 is 49.7. The number of carbonyl (C=O) groups is 1. The fourth-order valence-corrected chi connectivity index (χ4v) is 4.93. The molecule has 6 nitrogen and oxygen atoms in total. The number of esters is 1. The molecule has 1 heterocycles. The molecule has 1 aromatic heterocycles. The first kappa shape index (κ1) is 27.2. The zero-order valence-corrected chi connectivity index (χ0v) is 21.7. The Kier molecular flexibility index (Phi) is 6.84. The molecule has 0 saturated carbocycles. The molecule has 0 spiro atoms. The lowest BCUT2D eigenvalue weighted by molar-refractivity contribution is -0.161. The number of fused-ring (bicyclic) bond motifs is 1. The van der Waals surface area contributed by atoms with Crippen molar-refractivity contribution in [1.29, 1.82) is 10.5 Å². The average molecular weight is 552 g/mol. The van der Waals surface area contributed by atoms with Crippen molar-refractivity contribution >= 4 is 16.9 Å². The van der Waals surface area contributed by atoms with Gasteiger partial charge in [0, 0.05) is 27.6 Å². The number of aromatic amines is 1. The lowest BCUT2D eigenvalue weighted by Gasteiger charge is -2.21. The van der Waals surface area contributed by atoms with E-state index in [2.05, 4.69) is 21.9 Å². The van der Waals surface area contributed by atoms with E-state index in [1.54, 1.807) is 30.3 Å². The summed E-state index contributed by atoms with van der Waals surface area (Å²) in [5.74, 6) is -3.66. The van der Waals surface area contributed by atoms with Crippen molar-refractivity contribution < 1.29 is 27.8 Å². The maximum absolute atomic E-state index is 15.4. The molecule has 0 aliphatic carbocycles. The van der Waals surface area contributed by atoms with Gasteiger partial charge in [0.15, 0.2) is 5.60 Å². The van der Waals surface area contributed by atoms with Crippen LogP contribution in [0.5, 0.6) is 0 Å². The van der Waals surface area contributed by atoms with Gasteiger partial charge in [-0.05, 0) is 66.6 Å². The van der Waals surface area contributed by atoms with Crippen molar-refractivity contribution in [2.24, 2.45) is 0 Å². The molecule has 0 fully saturated rings. The second kappa shape index (κ2) is 10.3. The van der Waals surface area contributed by atoms with E-state index in [1.165, 1.54) is 30.3 Å². The fraction of sp³-hybridized carbons (Fsp3) is 0.0938. The summed E-state index contributed by atoms with van der Waals surface area (Å²) >= 11 is 0. The summed E-state index contributed by atoms with van der Waals surface area (Å²) in [5, 5.41) is 30.6. The van der Waals surface area contributed by atoms with Crippen LogP contribution in [-0.2, 0) is 15.1 Å². The molecule has 9 heteroatoms. The molecule has 0 saturated heterocycles. The number of nitriles is 2. The lowest BCUT2D eigenvalue weighted by atomic mass is 9.90. The molecule has 0 bridgehead atoms. The van der Waals surface area contributed by atoms with Gasteiger partial charge in [-0.15, -0.1) is 0 Å². The topological polar surface area (TPSA) is 110 Å². The number of rotatable bonds is 5. The van der Waals surface area contributed by atoms with Gasteiger partial charge in [0.1, 0.15) is 17.5 Å². The smallest absolute Gasteiger partial charge is 0.342 e. The highest BCUT2D eigenvalue weighted by Crippen LogP contribution is 2.43. The third-order valence-electron chi connectivity index (χ3n) is 6.94. The molecule has 0 radical (unpaired) electrons.